The van der Waals surface area contributed by atoms with Crippen molar-refractivity contribution in [1.82, 2.24) is 5.32 Å². The summed E-state index contributed by atoms with van der Waals surface area (Å²) in [5, 5.41) is 3.48. The molecule has 1 heterocycles. The first-order valence-electron chi connectivity index (χ1n) is 5.43. The minimum absolute atomic E-state index is 0.307. The fraction of sp³-hybridized carbons (Fsp3) is 0.500. The van der Waals surface area contributed by atoms with Gasteiger partial charge in [-0.1, -0.05) is 18.2 Å². The first kappa shape index (κ1) is 10.5. The number of nitrogens with one attached hydrogen (secondary N) is 1. The number of methoxy groups -OCH3 is 1. The molecular formula is C12H18N2O. The van der Waals surface area contributed by atoms with Crippen molar-refractivity contribution in [1.29, 1.82) is 0 Å². The summed E-state index contributed by atoms with van der Waals surface area (Å²) in [4.78, 5) is 0. The fourth-order valence-electron chi connectivity index (χ4n) is 2.14. The number of piperidine rings is 1. The molecule has 15 heavy (non-hydrogen) atoms. The van der Waals surface area contributed by atoms with Gasteiger partial charge in [0.25, 0.3) is 0 Å². The minimum Gasteiger partial charge on any atom is -0.496 e. The molecular weight excluding hydrogens is 188 g/mol. The highest BCUT2D eigenvalue weighted by molar-refractivity contribution is 5.36. The molecule has 1 aliphatic heterocycles. The lowest BCUT2D eigenvalue weighted by Crippen LogP contribution is -2.38. The van der Waals surface area contributed by atoms with Crippen LogP contribution in [-0.4, -0.2) is 19.7 Å². The van der Waals surface area contributed by atoms with Gasteiger partial charge in [0.2, 0.25) is 0 Å². The molecule has 0 saturated carbocycles. The molecule has 1 aromatic carbocycles. The molecule has 1 aromatic rings. The summed E-state index contributed by atoms with van der Waals surface area (Å²) < 4.78 is 5.35. The molecule has 0 bridgehead atoms. The number of ether oxygens (including phenoxy) is 1. The number of hydrogen-bond donors (Lipinski definition) is 2. The zero-order valence-corrected chi connectivity index (χ0v) is 9.07. The van der Waals surface area contributed by atoms with Crippen LogP contribution in [0.15, 0.2) is 24.3 Å². The van der Waals surface area contributed by atoms with Crippen molar-refractivity contribution in [2.24, 2.45) is 5.73 Å². The maximum Gasteiger partial charge on any atom is 0.123 e. The van der Waals surface area contributed by atoms with E-state index in [0.29, 0.717) is 12.1 Å². The molecule has 3 nitrogen and oxygen atoms in total. The molecule has 1 fully saturated rings. The second-order valence-corrected chi connectivity index (χ2v) is 4.03. The van der Waals surface area contributed by atoms with Crippen LogP contribution in [0.3, 0.4) is 0 Å². The van der Waals surface area contributed by atoms with Crippen molar-refractivity contribution < 1.29 is 4.74 Å². The van der Waals surface area contributed by atoms with Gasteiger partial charge in [0.05, 0.1) is 7.11 Å². The summed E-state index contributed by atoms with van der Waals surface area (Å²) in [5.41, 5.74) is 7.19. The Bertz CT molecular complexity index is 327. The highest BCUT2D eigenvalue weighted by atomic mass is 16.5. The van der Waals surface area contributed by atoms with Gasteiger partial charge >= 0.3 is 0 Å². The lowest BCUT2D eigenvalue weighted by atomic mass is 9.94. The predicted octanol–water partition coefficient (Wildman–Crippen LogP) is 1.45. The molecule has 0 unspecified atom stereocenters. The van der Waals surface area contributed by atoms with Crippen LogP contribution in [0, 0.1) is 0 Å². The van der Waals surface area contributed by atoms with Crippen LogP contribution < -0.4 is 15.8 Å². The average molecular weight is 206 g/mol. The van der Waals surface area contributed by atoms with Crippen LogP contribution >= 0.6 is 0 Å². The van der Waals surface area contributed by atoms with Crippen LogP contribution in [0.2, 0.25) is 0 Å². The second kappa shape index (κ2) is 4.64. The Labute approximate surface area is 90.6 Å². The van der Waals surface area contributed by atoms with Crippen LogP contribution in [0.25, 0.3) is 0 Å². The number of para-hydroxylation sites is 1. The number of benzene rings is 1. The standard InChI is InChI=1S/C12H18N2O/c1-15-12-5-3-2-4-10(12)11-8-9(13)6-7-14-11/h2-5,9,11,14H,6-8,13H2,1H3/t9-,11+/m1/s1. The predicted molar refractivity (Wildman–Crippen MR) is 60.9 cm³/mol. The summed E-state index contributed by atoms with van der Waals surface area (Å²) in [6, 6.07) is 8.78. The third-order valence-corrected chi connectivity index (χ3v) is 2.96. The lowest BCUT2D eigenvalue weighted by molar-refractivity contribution is 0.350. The van der Waals surface area contributed by atoms with Gasteiger partial charge < -0.3 is 15.8 Å². The SMILES string of the molecule is COc1ccccc1[C@@H]1C[C@H](N)CCN1. The average Bonchev–Trinajstić information content (AvgIpc) is 2.29. The number of hydrogen-bond acceptors (Lipinski definition) is 3. The Balaban J connectivity index is 2.20. The van der Waals surface area contributed by atoms with E-state index in [2.05, 4.69) is 11.4 Å². The molecule has 0 aliphatic carbocycles. The van der Waals surface area contributed by atoms with E-state index >= 15 is 0 Å². The van der Waals surface area contributed by atoms with E-state index in [1.165, 1.54) is 5.56 Å². The van der Waals surface area contributed by atoms with Gasteiger partial charge in [0.1, 0.15) is 5.75 Å². The maximum absolute atomic E-state index is 5.97. The topological polar surface area (TPSA) is 47.3 Å². The highest BCUT2D eigenvalue weighted by Gasteiger charge is 2.22. The van der Waals surface area contributed by atoms with E-state index in [9.17, 15) is 0 Å². The van der Waals surface area contributed by atoms with E-state index in [1.807, 2.05) is 18.2 Å². The molecule has 0 spiro atoms. The normalized spacial score (nSPS) is 26.3. The number of rotatable bonds is 2. The molecule has 1 saturated heterocycles. The Kier molecular flexibility index (Phi) is 3.23. The van der Waals surface area contributed by atoms with Crippen molar-refractivity contribution >= 4 is 0 Å². The Hall–Kier alpha value is -1.06. The van der Waals surface area contributed by atoms with Crippen LogP contribution in [0.5, 0.6) is 5.75 Å². The summed E-state index contributed by atoms with van der Waals surface area (Å²) in [6.07, 6.45) is 2.05. The van der Waals surface area contributed by atoms with Crippen molar-refractivity contribution in [3.8, 4) is 5.75 Å². The first-order valence-corrected chi connectivity index (χ1v) is 5.43. The smallest absolute Gasteiger partial charge is 0.123 e. The molecule has 3 N–H and O–H groups in total. The first-order chi connectivity index (χ1) is 7.31. The Morgan fingerprint density at radius 2 is 2.20 bits per heavy atom. The zero-order chi connectivity index (χ0) is 10.7. The quantitative estimate of drug-likeness (QED) is 0.770. The van der Waals surface area contributed by atoms with E-state index in [4.69, 9.17) is 10.5 Å². The fourth-order valence-corrected chi connectivity index (χ4v) is 2.14. The molecule has 1 aliphatic rings. The van der Waals surface area contributed by atoms with Gasteiger partial charge in [-0.05, 0) is 25.5 Å². The van der Waals surface area contributed by atoms with Gasteiger partial charge in [-0.3, -0.25) is 0 Å². The lowest BCUT2D eigenvalue weighted by Gasteiger charge is -2.29. The van der Waals surface area contributed by atoms with Gasteiger partial charge in [-0.2, -0.15) is 0 Å². The summed E-state index contributed by atoms with van der Waals surface area (Å²) in [5.74, 6) is 0.948. The second-order valence-electron chi connectivity index (χ2n) is 4.03. The molecule has 82 valence electrons. The largest absolute Gasteiger partial charge is 0.496 e. The van der Waals surface area contributed by atoms with Crippen LogP contribution in [0.4, 0.5) is 0 Å². The molecule has 0 radical (unpaired) electrons. The highest BCUT2D eigenvalue weighted by Crippen LogP contribution is 2.29. The van der Waals surface area contributed by atoms with E-state index in [0.717, 1.165) is 25.1 Å². The maximum atomic E-state index is 5.97. The summed E-state index contributed by atoms with van der Waals surface area (Å²) in [7, 11) is 1.71. The third kappa shape index (κ3) is 2.30. The van der Waals surface area contributed by atoms with Gasteiger partial charge in [0.15, 0.2) is 0 Å². The van der Waals surface area contributed by atoms with E-state index in [1.54, 1.807) is 7.11 Å². The van der Waals surface area contributed by atoms with Gasteiger partial charge in [-0.25, -0.2) is 0 Å². The Morgan fingerprint density at radius 1 is 1.40 bits per heavy atom. The van der Waals surface area contributed by atoms with Gasteiger partial charge in [-0.15, -0.1) is 0 Å². The summed E-state index contributed by atoms with van der Waals surface area (Å²) >= 11 is 0. The van der Waals surface area contributed by atoms with E-state index in [-0.39, 0.29) is 0 Å². The van der Waals surface area contributed by atoms with Crippen LogP contribution in [0.1, 0.15) is 24.4 Å². The summed E-state index contributed by atoms with van der Waals surface area (Å²) in [6.45, 7) is 0.990. The van der Waals surface area contributed by atoms with Crippen molar-refractivity contribution in [2.75, 3.05) is 13.7 Å². The van der Waals surface area contributed by atoms with Crippen molar-refractivity contribution in [2.45, 2.75) is 24.9 Å². The van der Waals surface area contributed by atoms with E-state index < -0.39 is 0 Å². The van der Waals surface area contributed by atoms with Gasteiger partial charge in [0, 0.05) is 17.6 Å². The molecule has 2 rings (SSSR count). The molecule has 0 amide bonds. The monoisotopic (exact) mass is 206 g/mol. The van der Waals surface area contributed by atoms with Crippen molar-refractivity contribution in [3.05, 3.63) is 29.8 Å². The zero-order valence-electron chi connectivity index (χ0n) is 9.07. The molecule has 3 heteroatoms. The minimum atomic E-state index is 0.307. The van der Waals surface area contributed by atoms with Crippen molar-refractivity contribution in [3.63, 3.8) is 0 Å². The van der Waals surface area contributed by atoms with Crippen LogP contribution in [-0.2, 0) is 0 Å². The third-order valence-electron chi connectivity index (χ3n) is 2.96. The Morgan fingerprint density at radius 3 is 2.93 bits per heavy atom. The molecule has 0 aromatic heterocycles. The molecule has 2 atom stereocenters. The number of nitrogens with two attached hydrogens (primary N) is 1.